The van der Waals surface area contributed by atoms with Gasteiger partial charge in [0.05, 0.1) is 12.0 Å². The van der Waals surface area contributed by atoms with E-state index in [1.54, 1.807) is 18.4 Å². The molecule has 31 heavy (non-hydrogen) atoms. The van der Waals surface area contributed by atoms with Gasteiger partial charge in [0.25, 0.3) is 5.91 Å². The number of ether oxygens (including phenoxy) is 1. The van der Waals surface area contributed by atoms with E-state index in [0.717, 1.165) is 22.4 Å². The zero-order valence-electron chi connectivity index (χ0n) is 17.1. The van der Waals surface area contributed by atoms with E-state index in [9.17, 15) is 9.59 Å². The van der Waals surface area contributed by atoms with Gasteiger partial charge in [0.1, 0.15) is 11.8 Å². The van der Waals surface area contributed by atoms with Gasteiger partial charge in [-0.15, -0.1) is 0 Å². The largest absolute Gasteiger partial charge is 0.467 e. The smallest absolute Gasteiger partial charge is 0.331 e. The van der Waals surface area contributed by atoms with Crippen molar-refractivity contribution in [3.05, 3.63) is 102 Å². The van der Waals surface area contributed by atoms with Crippen LogP contribution in [0.25, 0.3) is 6.08 Å². The Bertz CT molecular complexity index is 1100. The van der Waals surface area contributed by atoms with Gasteiger partial charge in [-0.25, -0.2) is 9.80 Å². The minimum Gasteiger partial charge on any atom is -0.467 e. The number of hydrogen-bond donors (Lipinski definition) is 0. The number of carbonyl (C=O) groups excluding carboxylic acids is 2. The Kier molecular flexibility index (Phi) is 6.08. The van der Waals surface area contributed by atoms with E-state index >= 15 is 0 Å². The van der Waals surface area contributed by atoms with Gasteiger partial charge >= 0.3 is 5.97 Å². The fourth-order valence-electron chi connectivity index (χ4n) is 3.34. The van der Waals surface area contributed by atoms with Crippen LogP contribution in [0, 0.1) is 6.92 Å². The predicted octanol–water partition coefficient (Wildman–Crippen LogP) is 4.52. The molecule has 4 rings (SSSR count). The fraction of sp³-hybridized carbons (Fsp3) is 0.160. The molecule has 0 saturated carbocycles. The van der Waals surface area contributed by atoms with E-state index < -0.39 is 18.5 Å². The molecule has 0 spiro atoms. The maximum Gasteiger partial charge on any atom is 0.331 e. The van der Waals surface area contributed by atoms with Gasteiger partial charge < -0.3 is 9.15 Å². The molecule has 0 bridgehead atoms. The van der Waals surface area contributed by atoms with E-state index in [2.05, 4.69) is 5.10 Å². The maximum atomic E-state index is 12.8. The highest BCUT2D eigenvalue weighted by Gasteiger charge is 2.35. The molecule has 2 aromatic carbocycles. The summed E-state index contributed by atoms with van der Waals surface area (Å²) in [6.45, 7) is 1.61. The average Bonchev–Trinajstić information content (AvgIpc) is 3.47. The molecule has 1 aliphatic heterocycles. The molecule has 1 aliphatic rings. The number of benzene rings is 2. The molecule has 0 unspecified atom stereocenters. The van der Waals surface area contributed by atoms with Crippen LogP contribution in [0.1, 0.15) is 34.9 Å². The molecule has 6 nitrogen and oxygen atoms in total. The monoisotopic (exact) mass is 414 g/mol. The van der Waals surface area contributed by atoms with Gasteiger partial charge in [0.2, 0.25) is 0 Å². The van der Waals surface area contributed by atoms with Crippen LogP contribution in [0.4, 0.5) is 0 Å². The topological polar surface area (TPSA) is 72.1 Å². The highest BCUT2D eigenvalue weighted by molar-refractivity contribution is 6.03. The van der Waals surface area contributed by atoms with Crippen LogP contribution >= 0.6 is 0 Å². The second-order valence-electron chi connectivity index (χ2n) is 7.24. The maximum absolute atomic E-state index is 12.8. The third kappa shape index (κ3) is 4.98. The van der Waals surface area contributed by atoms with Crippen molar-refractivity contribution in [2.75, 3.05) is 6.61 Å². The minimum absolute atomic E-state index is 0.377. The third-order valence-corrected chi connectivity index (χ3v) is 4.97. The number of hydrogen-bond acceptors (Lipinski definition) is 5. The van der Waals surface area contributed by atoms with Crippen LogP contribution in [-0.4, -0.2) is 29.2 Å². The average molecular weight is 414 g/mol. The Balaban J connectivity index is 1.45. The van der Waals surface area contributed by atoms with Crippen LogP contribution in [0.5, 0.6) is 0 Å². The number of hydrazone groups is 1. The van der Waals surface area contributed by atoms with Crippen molar-refractivity contribution in [1.82, 2.24) is 5.01 Å². The molecule has 156 valence electrons. The van der Waals surface area contributed by atoms with E-state index in [1.807, 2.05) is 67.6 Å². The normalized spacial score (nSPS) is 15.8. The summed E-state index contributed by atoms with van der Waals surface area (Å²) in [5, 5.41) is 5.88. The van der Waals surface area contributed by atoms with E-state index in [0.29, 0.717) is 12.2 Å². The van der Waals surface area contributed by atoms with Crippen molar-refractivity contribution in [1.29, 1.82) is 0 Å². The summed E-state index contributed by atoms with van der Waals surface area (Å²) in [5.41, 5.74) is 3.74. The molecule has 0 radical (unpaired) electrons. The number of furan rings is 1. The van der Waals surface area contributed by atoms with E-state index in [-0.39, 0.29) is 6.04 Å². The Morgan fingerprint density at radius 1 is 1.10 bits per heavy atom. The molecular formula is C25H22N2O4. The quantitative estimate of drug-likeness (QED) is 0.439. The van der Waals surface area contributed by atoms with Crippen LogP contribution in [0.2, 0.25) is 0 Å². The van der Waals surface area contributed by atoms with Gasteiger partial charge in [-0.2, -0.15) is 5.10 Å². The van der Waals surface area contributed by atoms with Crippen LogP contribution < -0.4 is 0 Å². The highest BCUT2D eigenvalue weighted by Crippen LogP contribution is 2.33. The first-order valence-corrected chi connectivity index (χ1v) is 10.00. The molecule has 1 aromatic heterocycles. The van der Waals surface area contributed by atoms with Crippen molar-refractivity contribution in [2.24, 2.45) is 5.10 Å². The van der Waals surface area contributed by atoms with Gasteiger partial charge in [0.15, 0.2) is 6.61 Å². The van der Waals surface area contributed by atoms with Crippen LogP contribution in [-0.2, 0) is 14.3 Å². The molecule has 0 fully saturated rings. The summed E-state index contributed by atoms with van der Waals surface area (Å²) in [6, 6.07) is 20.6. The zero-order chi connectivity index (χ0) is 21.6. The van der Waals surface area contributed by atoms with Crippen LogP contribution in [0.15, 0.2) is 88.6 Å². The number of nitrogens with zero attached hydrogens (tertiary/aromatic N) is 2. The molecule has 2 heterocycles. The lowest BCUT2D eigenvalue weighted by molar-refractivity contribution is -0.149. The van der Waals surface area contributed by atoms with E-state index in [4.69, 9.17) is 9.15 Å². The zero-order valence-corrected chi connectivity index (χ0v) is 17.1. The standard InChI is InChI=1S/C25H22N2O4/c1-18-9-12-20(13-10-18)21-16-22(23-8-5-15-30-23)27(26-21)24(28)17-31-25(29)14-11-19-6-3-2-4-7-19/h2-15,22H,16-17H2,1H3/b14-11+/t22-/m1/s1. The fourth-order valence-corrected chi connectivity index (χ4v) is 3.34. The van der Waals surface area contributed by atoms with Gasteiger partial charge in [-0.05, 0) is 36.3 Å². The molecular weight excluding hydrogens is 392 g/mol. The number of rotatable bonds is 6. The lowest BCUT2D eigenvalue weighted by Gasteiger charge is -2.19. The van der Waals surface area contributed by atoms with Crippen molar-refractivity contribution in [3.8, 4) is 0 Å². The Hall–Kier alpha value is -3.93. The minimum atomic E-state index is -0.589. The second kappa shape index (κ2) is 9.26. The number of carbonyl (C=O) groups is 2. The summed E-state index contributed by atoms with van der Waals surface area (Å²) in [4.78, 5) is 24.9. The number of aryl methyl sites for hydroxylation is 1. The first-order valence-electron chi connectivity index (χ1n) is 10.00. The SMILES string of the molecule is Cc1ccc(C2=NN(C(=O)COC(=O)/C=C/c3ccccc3)[C@@H](c3ccco3)C2)cc1. The molecule has 0 N–H and O–H groups in total. The predicted molar refractivity (Wildman–Crippen MR) is 117 cm³/mol. The molecule has 3 aromatic rings. The highest BCUT2D eigenvalue weighted by atomic mass is 16.5. The van der Waals surface area contributed by atoms with Crippen molar-refractivity contribution in [3.63, 3.8) is 0 Å². The Morgan fingerprint density at radius 2 is 1.87 bits per heavy atom. The summed E-state index contributed by atoms with van der Waals surface area (Å²) < 4.78 is 10.7. The molecule has 0 aliphatic carbocycles. The molecule has 1 amide bonds. The Morgan fingerprint density at radius 3 is 2.58 bits per heavy atom. The first kappa shape index (κ1) is 20.3. The summed E-state index contributed by atoms with van der Waals surface area (Å²) >= 11 is 0. The van der Waals surface area contributed by atoms with Gasteiger partial charge in [0, 0.05) is 12.5 Å². The molecule has 0 saturated heterocycles. The summed E-state index contributed by atoms with van der Waals surface area (Å²) in [5.74, 6) is -0.367. The third-order valence-electron chi connectivity index (χ3n) is 4.97. The number of amides is 1. The van der Waals surface area contributed by atoms with E-state index in [1.165, 1.54) is 11.1 Å². The van der Waals surface area contributed by atoms with Crippen molar-refractivity contribution < 1.29 is 18.7 Å². The summed E-state index contributed by atoms with van der Waals surface area (Å²) in [7, 11) is 0. The number of esters is 1. The lowest BCUT2D eigenvalue weighted by Crippen LogP contribution is -2.31. The van der Waals surface area contributed by atoms with Crippen molar-refractivity contribution >= 4 is 23.7 Å². The molecule has 6 heteroatoms. The van der Waals surface area contributed by atoms with Gasteiger partial charge in [-0.3, -0.25) is 4.79 Å². The van der Waals surface area contributed by atoms with Crippen molar-refractivity contribution in [2.45, 2.75) is 19.4 Å². The lowest BCUT2D eigenvalue weighted by atomic mass is 10.0. The Labute approximate surface area is 180 Å². The second-order valence-corrected chi connectivity index (χ2v) is 7.24. The summed E-state index contributed by atoms with van der Waals surface area (Å²) in [6.07, 6.45) is 5.03. The van der Waals surface area contributed by atoms with Crippen LogP contribution in [0.3, 0.4) is 0 Å². The van der Waals surface area contributed by atoms with Gasteiger partial charge in [-0.1, -0.05) is 60.2 Å². The first-order chi connectivity index (χ1) is 15.1. The molecule has 1 atom stereocenters.